The molecule has 0 aromatic rings. The first-order chi connectivity index (χ1) is 10.4. The van der Waals surface area contributed by atoms with Gasteiger partial charge in [0.25, 0.3) is 0 Å². The molecule has 0 spiro atoms. The van der Waals surface area contributed by atoms with E-state index in [-0.39, 0.29) is 37.0 Å². The fourth-order valence-electron chi connectivity index (χ4n) is 1.05. The van der Waals surface area contributed by atoms with Crippen molar-refractivity contribution in [1.82, 2.24) is 0 Å². The molecule has 0 aliphatic carbocycles. The average molecular weight is 373 g/mol. The molecule has 0 rings (SSSR count). The summed E-state index contributed by atoms with van der Waals surface area (Å²) in [5.41, 5.74) is 0. The SMILES string of the molecule is CC(C)CC(=O)O.CC(C)CC(=O)O.CC(C)CC(=O)O.[O]=[V]. The van der Waals surface area contributed by atoms with Crippen LogP contribution in [0.25, 0.3) is 0 Å². The first-order valence-electron chi connectivity index (χ1n) is 7.22. The molecule has 23 heavy (non-hydrogen) atoms. The van der Waals surface area contributed by atoms with Gasteiger partial charge >= 0.3 is 39.0 Å². The number of rotatable bonds is 6. The average Bonchev–Trinajstić information content (AvgIpc) is 2.26. The molecule has 7 nitrogen and oxygen atoms in total. The molecular weight excluding hydrogens is 343 g/mol. The summed E-state index contributed by atoms with van der Waals surface area (Å²) < 4.78 is 8.19. The molecule has 0 aromatic carbocycles. The topological polar surface area (TPSA) is 129 Å². The van der Waals surface area contributed by atoms with Crippen LogP contribution in [0.2, 0.25) is 0 Å². The number of aliphatic carboxylic acids is 3. The van der Waals surface area contributed by atoms with E-state index in [1.807, 2.05) is 41.5 Å². The second-order valence-electron chi connectivity index (χ2n) is 5.98. The molecule has 0 heterocycles. The normalized spacial score (nSPS) is 8.87. The van der Waals surface area contributed by atoms with Gasteiger partial charge in [0.1, 0.15) is 0 Å². The number of carboxylic acids is 3. The van der Waals surface area contributed by atoms with Crippen LogP contribution in [0.15, 0.2) is 0 Å². The zero-order valence-corrected chi connectivity index (χ0v) is 16.2. The van der Waals surface area contributed by atoms with E-state index >= 15 is 0 Å². The van der Waals surface area contributed by atoms with Crippen LogP contribution in [0.5, 0.6) is 0 Å². The van der Waals surface area contributed by atoms with Gasteiger partial charge in [0.05, 0.1) is 0 Å². The van der Waals surface area contributed by atoms with E-state index in [1.54, 1.807) is 0 Å². The van der Waals surface area contributed by atoms with Crippen molar-refractivity contribution in [2.45, 2.75) is 60.8 Å². The minimum atomic E-state index is -0.713. The van der Waals surface area contributed by atoms with Gasteiger partial charge in [-0.05, 0) is 17.8 Å². The zero-order valence-electron chi connectivity index (χ0n) is 14.8. The van der Waals surface area contributed by atoms with Crippen LogP contribution in [0.3, 0.4) is 0 Å². The van der Waals surface area contributed by atoms with E-state index in [4.69, 9.17) is 19.0 Å². The van der Waals surface area contributed by atoms with Crippen molar-refractivity contribution in [3.8, 4) is 0 Å². The second kappa shape index (κ2) is 20.8. The summed E-state index contributed by atoms with van der Waals surface area (Å²) in [5, 5.41) is 24.3. The zero-order chi connectivity index (χ0) is 19.6. The Kier molecular flexibility index (Phi) is 26.9. The molecule has 8 heteroatoms. The standard InChI is InChI=1S/3C5H10O2.O.V/c3*1-4(2)3-5(6)7;;/h3*4H,3H2,1-2H3,(H,6,7);;. The van der Waals surface area contributed by atoms with Crippen LogP contribution in [-0.2, 0) is 35.4 Å². The quantitative estimate of drug-likeness (QED) is 0.652. The Morgan fingerprint density at radius 1 is 0.609 bits per heavy atom. The summed E-state index contributed by atoms with van der Waals surface area (Å²) in [6, 6.07) is 0. The fourth-order valence-corrected chi connectivity index (χ4v) is 1.05. The summed E-state index contributed by atoms with van der Waals surface area (Å²) in [6.45, 7) is 11.3. The molecule has 0 aliphatic rings. The maximum atomic E-state index is 9.81. The van der Waals surface area contributed by atoms with E-state index in [2.05, 4.69) is 0 Å². The summed E-state index contributed by atoms with van der Waals surface area (Å²) in [4.78, 5) is 29.4. The Morgan fingerprint density at radius 2 is 0.739 bits per heavy atom. The summed E-state index contributed by atoms with van der Waals surface area (Å²) >= 11 is 1.06. The predicted molar refractivity (Wildman–Crippen MR) is 82.0 cm³/mol. The van der Waals surface area contributed by atoms with Crippen molar-refractivity contribution in [2.24, 2.45) is 17.8 Å². The molecule has 0 aliphatic heterocycles. The van der Waals surface area contributed by atoms with Crippen molar-refractivity contribution in [2.75, 3.05) is 0 Å². The van der Waals surface area contributed by atoms with Crippen LogP contribution in [-0.4, -0.2) is 33.2 Å². The first kappa shape index (κ1) is 29.8. The van der Waals surface area contributed by atoms with Gasteiger partial charge in [-0.1, -0.05) is 41.5 Å². The van der Waals surface area contributed by atoms with E-state index < -0.39 is 17.9 Å². The van der Waals surface area contributed by atoms with Crippen molar-refractivity contribution >= 4 is 17.9 Å². The predicted octanol–water partition coefficient (Wildman–Crippen LogP) is 3.23. The first-order valence-corrected chi connectivity index (χ1v) is 7.79. The van der Waals surface area contributed by atoms with Crippen LogP contribution >= 0.6 is 0 Å². The van der Waals surface area contributed by atoms with Crippen molar-refractivity contribution < 1.29 is 50.7 Å². The molecule has 0 saturated heterocycles. The van der Waals surface area contributed by atoms with Crippen LogP contribution < -0.4 is 0 Å². The summed E-state index contributed by atoms with van der Waals surface area (Å²) in [5.74, 6) is -1.31. The van der Waals surface area contributed by atoms with Gasteiger partial charge < -0.3 is 15.3 Å². The minimum absolute atomic E-state index is 0.275. The van der Waals surface area contributed by atoms with Crippen LogP contribution in [0.4, 0.5) is 0 Å². The van der Waals surface area contributed by atoms with E-state index in [9.17, 15) is 14.4 Å². The maximum absolute atomic E-state index is 9.81. The molecule has 0 fully saturated rings. The monoisotopic (exact) mass is 373 g/mol. The molecule has 3 N–H and O–H groups in total. The Labute approximate surface area is 147 Å². The van der Waals surface area contributed by atoms with Gasteiger partial charge in [-0.3, -0.25) is 14.4 Å². The second-order valence-corrected chi connectivity index (χ2v) is 5.98. The Bertz CT molecular complexity index is 267. The number of carboxylic acid groups (broad SMARTS) is 3. The number of hydrogen-bond donors (Lipinski definition) is 3. The Hall–Kier alpha value is -1.21. The molecule has 0 bridgehead atoms. The number of hydrogen-bond acceptors (Lipinski definition) is 4. The van der Waals surface area contributed by atoms with Gasteiger partial charge in [0.15, 0.2) is 0 Å². The third-order valence-electron chi connectivity index (χ3n) is 1.75. The van der Waals surface area contributed by atoms with Crippen molar-refractivity contribution in [1.29, 1.82) is 0 Å². The molecule has 0 unspecified atom stereocenters. The van der Waals surface area contributed by atoms with Gasteiger partial charge in [-0.2, -0.15) is 0 Å². The van der Waals surface area contributed by atoms with Crippen LogP contribution in [0.1, 0.15) is 60.8 Å². The number of carbonyl (C=O) groups is 3. The molecule has 0 atom stereocenters. The molecule has 0 amide bonds. The molecule has 137 valence electrons. The molecule has 0 radical (unpaired) electrons. The van der Waals surface area contributed by atoms with Gasteiger partial charge in [-0.25, -0.2) is 0 Å². The van der Waals surface area contributed by atoms with Gasteiger partial charge in [-0.15, -0.1) is 0 Å². The Morgan fingerprint density at radius 3 is 0.739 bits per heavy atom. The van der Waals surface area contributed by atoms with E-state index in [1.165, 1.54) is 0 Å². The van der Waals surface area contributed by atoms with Gasteiger partial charge in [0.2, 0.25) is 0 Å². The molecule has 0 saturated carbocycles. The van der Waals surface area contributed by atoms with Crippen molar-refractivity contribution in [3.63, 3.8) is 0 Å². The van der Waals surface area contributed by atoms with Crippen LogP contribution in [0, 0.1) is 17.8 Å². The third kappa shape index (κ3) is 63.0. The summed E-state index contributed by atoms with van der Waals surface area (Å²) in [6.07, 6.45) is 0.833. The fraction of sp³-hybridized carbons (Fsp3) is 0.800. The van der Waals surface area contributed by atoms with Crippen molar-refractivity contribution in [3.05, 3.63) is 0 Å². The third-order valence-corrected chi connectivity index (χ3v) is 1.75. The molecule has 0 aromatic heterocycles. The van der Waals surface area contributed by atoms with E-state index in [0.717, 1.165) is 17.4 Å². The molecular formula is C15H30O7V. The van der Waals surface area contributed by atoms with Gasteiger partial charge in [0, 0.05) is 19.3 Å². The van der Waals surface area contributed by atoms with E-state index in [0.29, 0.717) is 0 Å². The Balaban J connectivity index is -0.000000111. The summed E-state index contributed by atoms with van der Waals surface area (Å²) in [7, 11) is 0.